The molecular formula is C17H13ClN4O2. The molecule has 0 atom stereocenters. The molecule has 2 aromatic carbocycles. The van der Waals surface area contributed by atoms with E-state index < -0.39 is 11.8 Å². The molecule has 0 radical (unpaired) electrons. The smallest absolute Gasteiger partial charge is 0.288 e. The molecule has 6 nitrogen and oxygen atoms in total. The molecule has 0 aliphatic heterocycles. The van der Waals surface area contributed by atoms with Gasteiger partial charge in [0.25, 0.3) is 11.8 Å². The van der Waals surface area contributed by atoms with Gasteiger partial charge in [-0.05, 0) is 24.3 Å². The van der Waals surface area contributed by atoms with Gasteiger partial charge in [0.15, 0.2) is 0 Å². The van der Waals surface area contributed by atoms with Crippen LogP contribution in [0.2, 0.25) is 5.02 Å². The van der Waals surface area contributed by atoms with Gasteiger partial charge >= 0.3 is 0 Å². The Kier molecular flexibility index (Phi) is 4.58. The third-order valence-electron chi connectivity index (χ3n) is 3.31. The Morgan fingerprint density at radius 1 is 0.917 bits per heavy atom. The molecule has 2 amide bonds. The van der Waals surface area contributed by atoms with Crippen LogP contribution in [0.1, 0.15) is 20.8 Å². The lowest BCUT2D eigenvalue weighted by atomic mass is 10.2. The van der Waals surface area contributed by atoms with Crippen LogP contribution >= 0.6 is 11.6 Å². The van der Waals surface area contributed by atoms with Gasteiger partial charge in [0, 0.05) is 5.69 Å². The lowest BCUT2D eigenvalue weighted by Gasteiger charge is -2.10. The average Bonchev–Trinajstić information content (AvgIpc) is 3.10. The topological polar surface area (TPSA) is 76.0 Å². The number of halogens is 1. The Morgan fingerprint density at radius 3 is 2.33 bits per heavy atom. The van der Waals surface area contributed by atoms with Crippen LogP contribution in [0.5, 0.6) is 0 Å². The van der Waals surface area contributed by atoms with Gasteiger partial charge in [0.1, 0.15) is 5.69 Å². The highest BCUT2D eigenvalue weighted by Crippen LogP contribution is 2.14. The van der Waals surface area contributed by atoms with Crippen molar-refractivity contribution in [1.82, 2.24) is 20.4 Å². The molecule has 0 saturated heterocycles. The maximum atomic E-state index is 12.3. The number of hydrazine groups is 1. The Hall–Kier alpha value is -3.12. The molecule has 2 N–H and O–H groups in total. The average molecular weight is 341 g/mol. The third kappa shape index (κ3) is 3.28. The predicted molar refractivity (Wildman–Crippen MR) is 89.9 cm³/mol. The number of imidazole rings is 1. The van der Waals surface area contributed by atoms with Crippen molar-refractivity contribution >= 4 is 23.4 Å². The Morgan fingerprint density at radius 2 is 1.58 bits per heavy atom. The number of benzene rings is 2. The van der Waals surface area contributed by atoms with Crippen LogP contribution in [0.25, 0.3) is 5.69 Å². The third-order valence-corrected chi connectivity index (χ3v) is 3.64. The summed E-state index contributed by atoms with van der Waals surface area (Å²) in [6, 6.07) is 15.9. The summed E-state index contributed by atoms with van der Waals surface area (Å²) in [7, 11) is 0. The molecule has 0 spiro atoms. The van der Waals surface area contributed by atoms with E-state index in [-0.39, 0.29) is 5.56 Å². The fourth-order valence-corrected chi connectivity index (χ4v) is 2.37. The van der Waals surface area contributed by atoms with Crippen LogP contribution in [0.15, 0.2) is 67.1 Å². The maximum Gasteiger partial charge on any atom is 0.288 e. The number of carbonyl (C=O) groups is 2. The standard InChI is InChI=1S/C17H13ClN4O2/c18-14-9-5-4-8-13(14)16(23)20-21-17(24)15-10-19-11-22(15)12-6-2-1-3-7-12/h1-11H,(H,20,23)(H,21,24). The molecule has 1 aromatic heterocycles. The second-order valence-corrected chi connectivity index (χ2v) is 5.28. The Balaban J connectivity index is 1.72. The van der Waals surface area contributed by atoms with Crippen LogP contribution in [0, 0.1) is 0 Å². The molecule has 120 valence electrons. The van der Waals surface area contributed by atoms with Crippen LogP contribution < -0.4 is 10.9 Å². The van der Waals surface area contributed by atoms with E-state index in [1.165, 1.54) is 12.5 Å². The first-order chi connectivity index (χ1) is 11.7. The second kappa shape index (κ2) is 6.97. The van der Waals surface area contributed by atoms with Gasteiger partial charge in [-0.2, -0.15) is 0 Å². The molecule has 3 aromatic rings. The van der Waals surface area contributed by atoms with E-state index in [4.69, 9.17) is 11.6 Å². The monoisotopic (exact) mass is 340 g/mol. The van der Waals surface area contributed by atoms with Crippen LogP contribution in [0.4, 0.5) is 0 Å². The van der Waals surface area contributed by atoms with Gasteiger partial charge in [-0.15, -0.1) is 0 Å². The van der Waals surface area contributed by atoms with E-state index in [2.05, 4.69) is 15.8 Å². The summed E-state index contributed by atoms with van der Waals surface area (Å²) in [5.74, 6) is -0.989. The quantitative estimate of drug-likeness (QED) is 0.719. The molecule has 0 aliphatic rings. The summed E-state index contributed by atoms with van der Waals surface area (Å²) < 4.78 is 1.62. The molecule has 0 saturated carbocycles. The summed E-state index contributed by atoms with van der Waals surface area (Å²) in [5.41, 5.74) is 6.06. The van der Waals surface area contributed by atoms with E-state index in [0.717, 1.165) is 5.69 Å². The van der Waals surface area contributed by atoms with Gasteiger partial charge in [-0.1, -0.05) is 41.9 Å². The molecule has 0 aliphatic carbocycles. The molecule has 3 rings (SSSR count). The zero-order chi connectivity index (χ0) is 16.9. The van der Waals surface area contributed by atoms with Gasteiger partial charge in [-0.25, -0.2) is 4.98 Å². The first-order valence-electron chi connectivity index (χ1n) is 7.10. The summed E-state index contributed by atoms with van der Waals surface area (Å²) in [4.78, 5) is 28.4. The predicted octanol–water partition coefficient (Wildman–Crippen LogP) is 2.60. The van der Waals surface area contributed by atoms with Crippen LogP contribution in [-0.4, -0.2) is 21.4 Å². The minimum absolute atomic E-state index is 0.274. The van der Waals surface area contributed by atoms with Crippen molar-refractivity contribution in [1.29, 1.82) is 0 Å². The Bertz CT molecular complexity index is 877. The zero-order valence-corrected chi connectivity index (χ0v) is 13.2. The Labute approximate surface area is 143 Å². The number of para-hydroxylation sites is 1. The fourth-order valence-electron chi connectivity index (χ4n) is 2.15. The van der Waals surface area contributed by atoms with Crippen molar-refractivity contribution in [3.8, 4) is 5.69 Å². The fraction of sp³-hybridized carbons (Fsp3) is 0. The molecule has 0 bridgehead atoms. The number of aromatic nitrogens is 2. The highest BCUT2D eigenvalue weighted by molar-refractivity contribution is 6.33. The minimum Gasteiger partial charge on any atom is -0.295 e. The number of nitrogens with one attached hydrogen (secondary N) is 2. The summed E-state index contributed by atoms with van der Waals surface area (Å²) in [6.07, 6.45) is 2.95. The van der Waals surface area contributed by atoms with Crippen molar-refractivity contribution in [3.05, 3.63) is 83.4 Å². The largest absolute Gasteiger partial charge is 0.295 e. The molecule has 24 heavy (non-hydrogen) atoms. The van der Waals surface area contributed by atoms with E-state index in [1.54, 1.807) is 28.8 Å². The molecular weight excluding hydrogens is 328 g/mol. The van der Waals surface area contributed by atoms with Gasteiger partial charge in [0.05, 0.1) is 23.1 Å². The van der Waals surface area contributed by atoms with Gasteiger partial charge in [-0.3, -0.25) is 25.0 Å². The van der Waals surface area contributed by atoms with E-state index in [1.807, 2.05) is 30.3 Å². The number of nitrogens with zero attached hydrogens (tertiary/aromatic N) is 2. The molecule has 1 heterocycles. The summed E-state index contributed by atoms with van der Waals surface area (Å²) >= 11 is 5.95. The minimum atomic E-state index is -0.500. The van der Waals surface area contributed by atoms with Crippen molar-refractivity contribution in [2.75, 3.05) is 0 Å². The number of rotatable bonds is 3. The van der Waals surface area contributed by atoms with Crippen molar-refractivity contribution in [2.45, 2.75) is 0 Å². The summed E-state index contributed by atoms with van der Waals surface area (Å²) in [5, 5.41) is 0.304. The van der Waals surface area contributed by atoms with Crippen LogP contribution in [-0.2, 0) is 0 Å². The first kappa shape index (κ1) is 15.8. The number of amides is 2. The first-order valence-corrected chi connectivity index (χ1v) is 7.47. The van der Waals surface area contributed by atoms with E-state index in [0.29, 0.717) is 10.7 Å². The van der Waals surface area contributed by atoms with Gasteiger partial charge < -0.3 is 0 Å². The molecule has 0 unspecified atom stereocenters. The normalized spacial score (nSPS) is 10.2. The SMILES string of the molecule is O=C(NNC(=O)c1cncn1-c1ccccc1)c1ccccc1Cl. The molecule has 0 fully saturated rings. The highest BCUT2D eigenvalue weighted by atomic mass is 35.5. The van der Waals surface area contributed by atoms with E-state index in [9.17, 15) is 9.59 Å². The number of hydrogen-bond acceptors (Lipinski definition) is 3. The van der Waals surface area contributed by atoms with Crippen LogP contribution in [0.3, 0.4) is 0 Å². The van der Waals surface area contributed by atoms with Crippen molar-refractivity contribution in [3.63, 3.8) is 0 Å². The highest BCUT2D eigenvalue weighted by Gasteiger charge is 2.15. The van der Waals surface area contributed by atoms with Crippen molar-refractivity contribution < 1.29 is 9.59 Å². The lowest BCUT2D eigenvalue weighted by molar-refractivity contribution is 0.0843. The molecule has 7 heteroatoms. The second-order valence-electron chi connectivity index (χ2n) is 4.87. The summed E-state index contributed by atoms with van der Waals surface area (Å²) in [6.45, 7) is 0. The maximum absolute atomic E-state index is 12.3. The number of hydrogen-bond donors (Lipinski definition) is 2. The van der Waals surface area contributed by atoms with Crippen molar-refractivity contribution in [2.24, 2.45) is 0 Å². The number of carbonyl (C=O) groups excluding carboxylic acids is 2. The van der Waals surface area contributed by atoms with E-state index >= 15 is 0 Å². The zero-order valence-electron chi connectivity index (χ0n) is 12.4. The van der Waals surface area contributed by atoms with Gasteiger partial charge in [0.2, 0.25) is 0 Å². The lowest BCUT2D eigenvalue weighted by Crippen LogP contribution is -2.42.